The van der Waals surface area contributed by atoms with E-state index in [9.17, 15) is 0 Å². The fraction of sp³-hybridized carbons (Fsp3) is 0.105. The third kappa shape index (κ3) is 3.24. The van der Waals surface area contributed by atoms with E-state index in [2.05, 4.69) is 20.9 Å². The van der Waals surface area contributed by atoms with Crippen molar-refractivity contribution >= 4 is 33.2 Å². The van der Waals surface area contributed by atoms with Crippen molar-refractivity contribution in [3.8, 4) is 28.7 Å². The Labute approximate surface area is 169 Å². The summed E-state index contributed by atoms with van der Waals surface area (Å²) in [7, 11) is 3.17. The number of halogens is 2. The van der Waals surface area contributed by atoms with E-state index in [1.807, 2.05) is 48.5 Å². The van der Waals surface area contributed by atoms with Crippen LogP contribution < -0.4 is 14.0 Å². The summed E-state index contributed by atoms with van der Waals surface area (Å²) < 4.78 is 13.7. The Kier molecular flexibility index (Phi) is 4.72. The molecule has 136 valence electrons. The third-order valence-corrected chi connectivity index (χ3v) is 4.84. The van der Waals surface area contributed by atoms with Crippen LogP contribution >= 0.6 is 27.5 Å². The lowest BCUT2D eigenvalue weighted by Crippen LogP contribution is -2.35. The van der Waals surface area contributed by atoms with Gasteiger partial charge in [0.15, 0.2) is 0 Å². The lowest BCUT2D eigenvalue weighted by atomic mass is 10.1. The molecule has 0 radical (unpaired) electrons. The molecule has 0 atom stereocenters. The highest BCUT2D eigenvalue weighted by atomic mass is 79.9. The molecule has 0 spiro atoms. The smallest absolute Gasteiger partial charge is 0.337 e. The minimum Gasteiger partial charge on any atom is -0.470 e. The van der Waals surface area contributed by atoms with Crippen LogP contribution in [0, 0.1) is 0 Å². The van der Waals surface area contributed by atoms with Crippen LogP contribution in [0.4, 0.5) is 0 Å². The molecule has 27 heavy (non-hydrogen) atoms. The highest BCUT2D eigenvalue weighted by Crippen LogP contribution is 2.26. The summed E-state index contributed by atoms with van der Waals surface area (Å²) in [6.07, 6.45) is 0. The molecular weight excluding hydrogens is 432 g/mol. The van der Waals surface area contributed by atoms with Crippen LogP contribution in [0.15, 0.2) is 59.1 Å². The molecule has 6 nitrogen and oxygen atoms in total. The van der Waals surface area contributed by atoms with E-state index in [1.54, 1.807) is 29.6 Å². The largest absolute Gasteiger partial charge is 0.470 e. The number of nitrogens with zero attached hydrogens (tertiary/aromatic N) is 4. The van der Waals surface area contributed by atoms with Crippen LogP contribution in [0.5, 0.6) is 11.8 Å². The second-order valence-corrected chi connectivity index (χ2v) is 7.05. The summed E-state index contributed by atoms with van der Waals surface area (Å²) in [5, 5.41) is 5.45. The molecule has 4 aromatic rings. The van der Waals surface area contributed by atoms with Gasteiger partial charge in [-0.05, 0) is 53.6 Å². The Morgan fingerprint density at radius 2 is 1.70 bits per heavy atom. The van der Waals surface area contributed by atoms with Crippen LogP contribution in [0.3, 0.4) is 0 Å². The topological polar surface area (TPSA) is 53.3 Å². The van der Waals surface area contributed by atoms with E-state index in [0.717, 1.165) is 15.7 Å². The first-order valence-electron chi connectivity index (χ1n) is 8.06. The molecule has 0 unspecified atom stereocenters. The first-order chi connectivity index (χ1) is 13.1. The van der Waals surface area contributed by atoms with E-state index < -0.39 is 0 Å². The van der Waals surface area contributed by atoms with Gasteiger partial charge in [0.1, 0.15) is 5.69 Å². The average molecular weight is 447 g/mol. The summed E-state index contributed by atoms with van der Waals surface area (Å²) in [4.78, 5) is 6.35. The van der Waals surface area contributed by atoms with Gasteiger partial charge in [0.25, 0.3) is 11.8 Å². The van der Waals surface area contributed by atoms with Gasteiger partial charge in [-0.1, -0.05) is 41.8 Å². The number of fused-ring (bicyclic) bond motifs is 1. The van der Waals surface area contributed by atoms with E-state index in [0.29, 0.717) is 28.1 Å². The van der Waals surface area contributed by atoms with Crippen LogP contribution in [0.1, 0.15) is 0 Å². The van der Waals surface area contributed by atoms with Gasteiger partial charge < -0.3 is 9.47 Å². The second-order valence-electron chi connectivity index (χ2n) is 5.70. The van der Waals surface area contributed by atoms with Crippen molar-refractivity contribution < 1.29 is 14.0 Å². The quantitative estimate of drug-likeness (QED) is 0.443. The Hall–Kier alpha value is -2.64. The molecule has 0 saturated heterocycles. The molecule has 8 heteroatoms. The zero-order valence-electron chi connectivity index (χ0n) is 14.6. The third-order valence-electron chi connectivity index (χ3n) is 4.06. The highest BCUT2D eigenvalue weighted by molar-refractivity contribution is 9.10. The van der Waals surface area contributed by atoms with Gasteiger partial charge in [-0.3, -0.25) is 0 Å². The molecule has 0 bridgehead atoms. The molecule has 4 rings (SSSR count). The second kappa shape index (κ2) is 7.17. The van der Waals surface area contributed by atoms with Crippen LogP contribution in [0.25, 0.3) is 22.6 Å². The Bertz CT molecular complexity index is 1110. The molecule has 0 aliphatic carbocycles. The maximum Gasteiger partial charge on any atom is 0.337 e. The predicted molar refractivity (Wildman–Crippen MR) is 106 cm³/mol. The Balaban J connectivity index is 2.05. The monoisotopic (exact) mass is 445 g/mol. The highest BCUT2D eigenvalue weighted by Gasteiger charge is 2.28. The number of aromatic nitrogens is 4. The molecule has 0 amide bonds. The molecule has 0 fully saturated rings. The van der Waals surface area contributed by atoms with Crippen molar-refractivity contribution in [2.75, 3.05) is 14.2 Å². The molecular formula is C19H15BrClN4O2+. The first-order valence-corrected chi connectivity index (χ1v) is 9.24. The van der Waals surface area contributed by atoms with Gasteiger partial charge >= 0.3 is 5.65 Å². The summed E-state index contributed by atoms with van der Waals surface area (Å²) in [6.45, 7) is 0. The van der Waals surface area contributed by atoms with E-state index in [4.69, 9.17) is 26.2 Å². The summed E-state index contributed by atoms with van der Waals surface area (Å²) in [5.74, 6) is 0.991. The number of benzene rings is 2. The van der Waals surface area contributed by atoms with Crippen molar-refractivity contribution in [1.82, 2.24) is 14.9 Å². The molecule has 0 aliphatic heterocycles. The lowest BCUT2D eigenvalue weighted by molar-refractivity contribution is -0.612. The van der Waals surface area contributed by atoms with E-state index >= 15 is 0 Å². The van der Waals surface area contributed by atoms with Crippen LogP contribution in [0.2, 0.25) is 5.02 Å². The maximum absolute atomic E-state index is 6.04. The Morgan fingerprint density at radius 1 is 1.00 bits per heavy atom. The molecule has 2 heterocycles. The summed E-state index contributed by atoms with van der Waals surface area (Å²) >= 11 is 9.50. The number of methoxy groups -OCH3 is 2. The molecule has 2 aromatic carbocycles. The fourth-order valence-corrected chi connectivity index (χ4v) is 3.16. The van der Waals surface area contributed by atoms with Crippen molar-refractivity contribution in [1.29, 1.82) is 0 Å². The van der Waals surface area contributed by atoms with Gasteiger partial charge in [0.05, 0.1) is 20.3 Å². The minimum atomic E-state index is 0.442. The SMILES string of the molecule is COc1cc(OC)[n+]2c(n1)c(-c1ccc(Cl)cc1)nn2-c1ccc(Br)cc1. The molecule has 0 aliphatic rings. The van der Waals surface area contributed by atoms with Crippen molar-refractivity contribution in [2.24, 2.45) is 0 Å². The van der Waals surface area contributed by atoms with Crippen molar-refractivity contribution in [3.05, 3.63) is 64.1 Å². The molecule has 0 N–H and O–H groups in total. The van der Waals surface area contributed by atoms with Gasteiger partial charge in [-0.2, -0.15) is 0 Å². The number of hydrogen-bond donors (Lipinski definition) is 0. The minimum absolute atomic E-state index is 0.442. The fourth-order valence-electron chi connectivity index (χ4n) is 2.77. The van der Waals surface area contributed by atoms with Crippen molar-refractivity contribution in [2.45, 2.75) is 0 Å². The van der Waals surface area contributed by atoms with Crippen LogP contribution in [-0.4, -0.2) is 29.1 Å². The van der Waals surface area contributed by atoms with E-state index in [1.165, 1.54) is 0 Å². The zero-order valence-corrected chi connectivity index (χ0v) is 16.9. The number of ether oxygens (including phenoxy) is 2. The lowest BCUT2D eigenvalue weighted by Gasteiger charge is -2.04. The maximum atomic E-state index is 6.04. The van der Waals surface area contributed by atoms with E-state index in [-0.39, 0.29) is 0 Å². The van der Waals surface area contributed by atoms with Crippen LogP contribution in [-0.2, 0) is 0 Å². The molecule has 2 aromatic heterocycles. The summed E-state index contributed by atoms with van der Waals surface area (Å²) in [5.41, 5.74) is 3.04. The Morgan fingerprint density at radius 3 is 2.33 bits per heavy atom. The molecule has 0 saturated carbocycles. The first kappa shape index (κ1) is 17.8. The summed E-state index contributed by atoms with van der Waals surface area (Å²) in [6, 6.07) is 17.0. The van der Waals surface area contributed by atoms with Crippen molar-refractivity contribution in [3.63, 3.8) is 0 Å². The van der Waals surface area contributed by atoms with Gasteiger partial charge in [0, 0.05) is 15.1 Å². The average Bonchev–Trinajstić information content (AvgIpc) is 3.08. The standard InChI is InChI=1S/C19H15BrClN4O2/c1-26-16-11-17(27-2)24-19(22-16)18(12-3-7-14(21)8-4-12)23-25(24)15-9-5-13(20)6-10-15/h3-11H,1-2H3/q+1. The van der Waals surface area contributed by atoms with Gasteiger partial charge in [-0.25, -0.2) is 0 Å². The predicted octanol–water partition coefficient (Wildman–Crippen LogP) is 4.11. The van der Waals surface area contributed by atoms with Gasteiger partial charge in [0.2, 0.25) is 5.69 Å². The normalized spacial score (nSPS) is 11.0. The number of rotatable bonds is 4. The zero-order chi connectivity index (χ0) is 19.0. The number of hydrogen-bond acceptors (Lipinski definition) is 4. The van der Waals surface area contributed by atoms with Gasteiger partial charge in [-0.15, -0.1) is 0 Å².